The van der Waals surface area contributed by atoms with E-state index in [1.54, 1.807) is 18.6 Å². The van der Waals surface area contributed by atoms with E-state index >= 15 is 0 Å². The average molecular weight is 349 g/mol. The zero-order valence-corrected chi connectivity index (χ0v) is 14.4. The Morgan fingerprint density at radius 3 is 3.04 bits per heavy atom. The Hall–Kier alpha value is -3.29. The molecule has 4 heterocycles. The molecule has 0 bridgehead atoms. The van der Waals surface area contributed by atoms with Crippen LogP contribution >= 0.6 is 0 Å². The quantitative estimate of drug-likeness (QED) is 0.746. The van der Waals surface area contributed by atoms with E-state index in [0.717, 1.165) is 23.6 Å². The Morgan fingerprint density at radius 1 is 1.35 bits per heavy atom. The van der Waals surface area contributed by atoms with Crippen molar-refractivity contribution in [3.05, 3.63) is 54.1 Å². The lowest BCUT2D eigenvalue weighted by atomic mass is 10.2. The fourth-order valence-electron chi connectivity index (χ4n) is 3.07. The van der Waals surface area contributed by atoms with E-state index in [-0.39, 0.29) is 11.9 Å². The van der Waals surface area contributed by atoms with Crippen LogP contribution in [0.3, 0.4) is 0 Å². The number of aromatic amines is 1. The summed E-state index contributed by atoms with van der Waals surface area (Å²) in [4.78, 5) is 27.6. The van der Waals surface area contributed by atoms with Crippen molar-refractivity contribution in [1.29, 1.82) is 0 Å². The number of hydrogen-bond donors (Lipinski definition) is 2. The Kier molecular flexibility index (Phi) is 4.30. The van der Waals surface area contributed by atoms with E-state index < -0.39 is 0 Å². The van der Waals surface area contributed by atoms with Gasteiger partial charge in [0, 0.05) is 43.3 Å². The first-order chi connectivity index (χ1) is 12.7. The third-order valence-electron chi connectivity index (χ3n) is 4.32. The van der Waals surface area contributed by atoms with Crippen LogP contribution in [0.4, 0.5) is 5.82 Å². The second-order valence-electron chi connectivity index (χ2n) is 6.30. The first-order valence-corrected chi connectivity index (χ1v) is 8.51. The van der Waals surface area contributed by atoms with Crippen LogP contribution in [-0.4, -0.2) is 55.1 Å². The number of likely N-dealkylation sites (tertiary alicyclic amines) is 1. The third kappa shape index (κ3) is 3.39. The minimum atomic E-state index is -0.00362. The Bertz CT molecular complexity index is 895. The number of nitrogens with zero attached hydrogens (tertiary/aromatic N) is 5. The number of carbonyl (C=O) groups excluding carboxylic acids is 1. The Labute approximate surface area is 150 Å². The maximum Gasteiger partial charge on any atom is 0.257 e. The highest BCUT2D eigenvalue weighted by molar-refractivity contribution is 5.93. The van der Waals surface area contributed by atoms with Crippen LogP contribution in [0.25, 0.3) is 11.5 Å². The summed E-state index contributed by atoms with van der Waals surface area (Å²) < 4.78 is 0. The van der Waals surface area contributed by atoms with Crippen molar-refractivity contribution in [1.82, 2.24) is 30.0 Å². The van der Waals surface area contributed by atoms with Gasteiger partial charge < -0.3 is 10.2 Å². The number of H-pyrrole nitrogens is 1. The Balaban J connectivity index is 1.46. The van der Waals surface area contributed by atoms with Crippen LogP contribution in [0.15, 0.2) is 42.9 Å². The van der Waals surface area contributed by atoms with Crippen molar-refractivity contribution < 1.29 is 4.79 Å². The van der Waals surface area contributed by atoms with Crippen molar-refractivity contribution in [2.45, 2.75) is 19.4 Å². The SMILES string of the molecule is Cc1cc(N[C@@H]2CCN(C(=O)c3cn[nH]c3)C2)nc(-c2ccccn2)n1. The molecule has 0 unspecified atom stereocenters. The van der Waals surface area contributed by atoms with Crippen molar-refractivity contribution in [2.24, 2.45) is 0 Å². The minimum Gasteiger partial charge on any atom is -0.365 e. The highest BCUT2D eigenvalue weighted by Crippen LogP contribution is 2.19. The number of carbonyl (C=O) groups is 1. The summed E-state index contributed by atoms with van der Waals surface area (Å²) in [6.07, 6.45) is 5.77. The van der Waals surface area contributed by atoms with Gasteiger partial charge in [-0.15, -0.1) is 0 Å². The number of hydrogen-bond acceptors (Lipinski definition) is 6. The maximum atomic E-state index is 12.4. The van der Waals surface area contributed by atoms with Crippen LogP contribution in [-0.2, 0) is 0 Å². The van der Waals surface area contributed by atoms with Crippen LogP contribution in [0.1, 0.15) is 22.5 Å². The van der Waals surface area contributed by atoms with Gasteiger partial charge in [-0.2, -0.15) is 5.10 Å². The summed E-state index contributed by atoms with van der Waals surface area (Å²) in [6.45, 7) is 3.27. The van der Waals surface area contributed by atoms with E-state index in [2.05, 4.69) is 30.5 Å². The minimum absolute atomic E-state index is 0.00362. The fourth-order valence-corrected chi connectivity index (χ4v) is 3.07. The van der Waals surface area contributed by atoms with Crippen molar-refractivity contribution in [2.75, 3.05) is 18.4 Å². The van der Waals surface area contributed by atoms with Crippen LogP contribution < -0.4 is 5.32 Å². The number of amides is 1. The number of aromatic nitrogens is 5. The van der Waals surface area contributed by atoms with Crippen molar-refractivity contribution in [3.63, 3.8) is 0 Å². The van der Waals surface area contributed by atoms with Gasteiger partial charge in [-0.1, -0.05) is 6.07 Å². The molecule has 0 aliphatic carbocycles. The maximum absolute atomic E-state index is 12.4. The molecule has 1 atom stereocenters. The molecular formula is C18H19N7O. The summed E-state index contributed by atoms with van der Waals surface area (Å²) >= 11 is 0. The first kappa shape index (κ1) is 16.2. The highest BCUT2D eigenvalue weighted by atomic mass is 16.2. The molecule has 0 aromatic carbocycles. The van der Waals surface area contributed by atoms with E-state index in [4.69, 9.17) is 0 Å². The predicted molar refractivity (Wildman–Crippen MR) is 96.5 cm³/mol. The summed E-state index contributed by atoms with van der Waals surface area (Å²) in [5.74, 6) is 1.34. The van der Waals surface area contributed by atoms with E-state index in [1.807, 2.05) is 36.1 Å². The van der Waals surface area contributed by atoms with Crippen molar-refractivity contribution >= 4 is 11.7 Å². The van der Waals surface area contributed by atoms with Gasteiger partial charge in [-0.3, -0.25) is 14.9 Å². The molecule has 1 fully saturated rings. The number of aryl methyl sites for hydroxylation is 1. The van der Waals surface area contributed by atoms with Gasteiger partial charge in [0.1, 0.15) is 11.5 Å². The van der Waals surface area contributed by atoms with E-state index in [9.17, 15) is 4.79 Å². The molecule has 132 valence electrons. The van der Waals surface area contributed by atoms with Crippen molar-refractivity contribution in [3.8, 4) is 11.5 Å². The van der Waals surface area contributed by atoms with Gasteiger partial charge in [-0.25, -0.2) is 9.97 Å². The van der Waals surface area contributed by atoms with Gasteiger partial charge in [0.15, 0.2) is 5.82 Å². The van der Waals surface area contributed by atoms with E-state index in [0.29, 0.717) is 24.5 Å². The van der Waals surface area contributed by atoms with Gasteiger partial charge in [0.05, 0.1) is 11.8 Å². The van der Waals surface area contributed by atoms with Gasteiger partial charge >= 0.3 is 0 Å². The standard InChI is InChI=1S/C18H19N7O/c1-12-8-16(24-17(22-12)15-4-2-3-6-19-15)23-14-5-7-25(11-14)18(26)13-9-20-21-10-13/h2-4,6,8-10,14H,5,7,11H2,1H3,(H,20,21)(H,22,23,24)/t14-/m1/s1. The molecule has 0 radical (unpaired) electrons. The zero-order chi connectivity index (χ0) is 17.9. The van der Waals surface area contributed by atoms with Gasteiger partial charge in [0.25, 0.3) is 5.91 Å². The second kappa shape index (κ2) is 6.91. The van der Waals surface area contributed by atoms with Crippen LogP contribution in [0.5, 0.6) is 0 Å². The number of pyridine rings is 1. The zero-order valence-electron chi connectivity index (χ0n) is 14.4. The second-order valence-corrected chi connectivity index (χ2v) is 6.30. The molecule has 2 N–H and O–H groups in total. The molecule has 1 saturated heterocycles. The lowest BCUT2D eigenvalue weighted by Gasteiger charge is -2.17. The largest absolute Gasteiger partial charge is 0.365 e. The fraction of sp³-hybridized carbons (Fsp3) is 0.278. The molecule has 0 saturated carbocycles. The summed E-state index contributed by atoms with van der Waals surface area (Å²) in [5.41, 5.74) is 2.19. The first-order valence-electron chi connectivity index (χ1n) is 8.51. The molecule has 1 amide bonds. The molecule has 1 aliphatic rings. The summed E-state index contributed by atoms with van der Waals surface area (Å²) in [7, 11) is 0. The lowest BCUT2D eigenvalue weighted by molar-refractivity contribution is 0.0791. The van der Waals surface area contributed by atoms with Gasteiger partial charge in [-0.05, 0) is 25.5 Å². The molecular weight excluding hydrogens is 330 g/mol. The average Bonchev–Trinajstić information content (AvgIpc) is 3.33. The molecule has 4 rings (SSSR count). The lowest BCUT2D eigenvalue weighted by Crippen LogP contribution is -2.31. The summed E-state index contributed by atoms with van der Waals surface area (Å²) in [6, 6.07) is 7.73. The molecule has 3 aromatic heterocycles. The third-order valence-corrected chi connectivity index (χ3v) is 4.32. The number of rotatable bonds is 4. The van der Waals surface area contributed by atoms with Crippen LogP contribution in [0.2, 0.25) is 0 Å². The predicted octanol–water partition coefficient (Wildman–Crippen LogP) is 1.90. The van der Waals surface area contributed by atoms with Crippen LogP contribution in [0, 0.1) is 6.92 Å². The summed E-state index contributed by atoms with van der Waals surface area (Å²) in [5, 5.41) is 9.94. The normalized spacial score (nSPS) is 16.7. The smallest absolute Gasteiger partial charge is 0.257 e. The van der Waals surface area contributed by atoms with E-state index in [1.165, 1.54) is 0 Å². The number of nitrogens with one attached hydrogen (secondary N) is 2. The Morgan fingerprint density at radius 2 is 2.27 bits per heavy atom. The van der Waals surface area contributed by atoms with Gasteiger partial charge in [0.2, 0.25) is 0 Å². The molecule has 0 spiro atoms. The topological polar surface area (TPSA) is 99.7 Å². The molecule has 3 aromatic rings. The highest BCUT2D eigenvalue weighted by Gasteiger charge is 2.27. The number of anilines is 1. The molecule has 1 aliphatic heterocycles. The molecule has 26 heavy (non-hydrogen) atoms. The molecule has 8 heteroatoms. The monoisotopic (exact) mass is 349 g/mol. The molecule has 8 nitrogen and oxygen atoms in total.